The fraction of sp³-hybridized carbons (Fsp3) is 0.444. The second-order valence-corrected chi connectivity index (χ2v) is 8.52. The average Bonchev–Trinajstić information content (AvgIpc) is 2.73. The SMILES string of the molecule is C=C/C(=C\C=C\C1CCC(C)CC1)c1cc(F)c(CCCCOC(=O)C(=C)C)c(F)c1. The van der Waals surface area contributed by atoms with Crippen molar-refractivity contribution in [1.29, 1.82) is 0 Å². The summed E-state index contributed by atoms with van der Waals surface area (Å²) in [6.07, 6.45) is 13.8. The van der Waals surface area contributed by atoms with Gasteiger partial charge in [-0.1, -0.05) is 57.2 Å². The van der Waals surface area contributed by atoms with Gasteiger partial charge in [-0.25, -0.2) is 13.6 Å². The summed E-state index contributed by atoms with van der Waals surface area (Å²) < 4.78 is 34.2. The van der Waals surface area contributed by atoms with Gasteiger partial charge in [-0.3, -0.25) is 0 Å². The van der Waals surface area contributed by atoms with Crippen LogP contribution >= 0.6 is 0 Å². The number of rotatable bonds is 10. The molecule has 31 heavy (non-hydrogen) atoms. The van der Waals surface area contributed by atoms with E-state index in [0.717, 1.165) is 5.92 Å². The zero-order valence-corrected chi connectivity index (χ0v) is 18.8. The number of benzene rings is 1. The van der Waals surface area contributed by atoms with E-state index in [-0.39, 0.29) is 18.6 Å². The van der Waals surface area contributed by atoms with E-state index in [2.05, 4.69) is 26.2 Å². The normalized spacial score (nSPS) is 19.4. The molecule has 0 unspecified atom stereocenters. The van der Waals surface area contributed by atoms with Gasteiger partial charge in [-0.15, -0.1) is 0 Å². The van der Waals surface area contributed by atoms with E-state index in [4.69, 9.17) is 4.74 Å². The molecule has 1 aromatic rings. The lowest BCUT2D eigenvalue weighted by atomic mass is 9.83. The quantitative estimate of drug-likeness (QED) is 0.168. The van der Waals surface area contributed by atoms with Gasteiger partial charge in [0, 0.05) is 11.1 Å². The number of esters is 1. The number of halogens is 2. The number of hydrogen-bond donors (Lipinski definition) is 0. The third-order valence-corrected chi connectivity index (χ3v) is 5.82. The van der Waals surface area contributed by atoms with E-state index in [1.165, 1.54) is 37.8 Å². The third-order valence-electron chi connectivity index (χ3n) is 5.82. The molecule has 0 spiro atoms. The highest BCUT2D eigenvalue weighted by Crippen LogP contribution is 2.29. The van der Waals surface area contributed by atoms with E-state index in [9.17, 15) is 13.6 Å². The molecule has 1 saturated carbocycles. The summed E-state index contributed by atoms with van der Waals surface area (Å²) in [6, 6.07) is 2.73. The lowest BCUT2D eigenvalue weighted by molar-refractivity contribution is -0.139. The van der Waals surface area contributed by atoms with E-state index in [1.807, 2.05) is 12.2 Å². The molecule has 0 aliphatic heterocycles. The summed E-state index contributed by atoms with van der Waals surface area (Å²) in [4.78, 5) is 11.3. The van der Waals surface area contributed by atoms with Crippen LogP contribution in [0.4, 0.5) is 8.78 Å². The van der Waals surface area contributed by atoms with Crippen molar-refractivity contribution in [2.75, 3.05) is 6.61 Å². The van der Waals surface area contributed by atoms with Gasteiger partial charge in [0.05, 0.1) is 6.61 Å². The predicted molar refractivity (Wildman–Crippen MR) is 124 cm³/mol. The lowest BCUT2D eigenvalue weighted by Gasteiger charge is -2.23. The zero-order chi connectivity index (χ0) is 22.8. The van der Waals surface area contributed by atoms with Gasteiger partial charge >= 0.3 is 5.97 Å². The van der Waals surface area contributed by atoms with Crippen molar-refractivity contribution in [3.05, 3.63) is 77.9 Å². The van der Waals surface area contributed by atoms with E-state index in [0.29, 0.717) is 35.5 Å². The Morgan fingerprint density at radius 1 is 1.16 bits per heavy atom. The summed E-state index contributed by atoms with van der Waals surface area (Å²) in [7, 11) is 0. The van der Waals surface area contributed by atoms with Crippen LogP contribution < -0.4 is 0 Å². The molecule has 1 aliphatic rings. The van der Waals surface area contributed by atoms with Gasteiger partial charge in [0.1, 0.15) is 11.6 Å². The molecule has 4 heteroatoms. The molecule has 0 heterocycles. The van der Waals surface area contributed by atoms with Crippen molar-refractivity contribution in [3.63, 3.8) is 0 Å². The summed E-state index contributed by atoms with van der Waals surface area (Å²) in [6.45, 7) is 11.4. The number of carbonyl (C=O) groups is 1. The topological polar surface area (TPSA) is 26.3 Å². The number of unbranched alkanes of at least 4 members (excludes halogenated alkanes) is 1. The molecule has 0 bridgehead atoms. The minimum absolute atomic E-state index is 0.0604. The molecular weight excluding hydrogens is 394 g/mol. The molecule has 168 valence electrons. The van der Waals surface area contributed by atoms with Gasteiger partial charge in [-0.05, 0) is 74.1 Å². The molecule has 2 nitrogen and oxygen atoms in total. The van der Waals surface area contributed by atoms with Gasteiger partial charge < -0.3 is 4.74 Å². The van der Waals surface area contributed by atoms with Crippen LogP contribution in [0.25, 0.3) is 5.57 Å². The molecule has 0 atom stereocenters. The number of ether oxygens (including phenoxy) is 1. The van der Waals surface area contributed by atoms with Crippen LogP contribution in [0.1, 0.15) is 63.5 Å². The summed E-state index contributed by atoms with van der Waals surface area (Å²) in [5.74, 6) is -0.194. The Bertz CT molecular complexity index is 820. The first-order valence-electron chi connectivity index (χ1n) is 11.1. The average molecular weight is 429 g/mol. The van der Waals surface area contributed by atoms with Crippen LogP contribution in [0.2, 0.25) is 0 Å². The van der Waals surface area contributed by atoms with Gasteiger partial charge in [0.15, 0.2) is 0 Å². The van der Waals surface area contributed by atoms with Gasteiger partial charge in [-0.2, -0.15) is 0 Å². The fourth-order valence-corrected chi connectivity index (χ4v) is 3.78. The highest BCUT2D eigenvalue weighted by Gasteiger charge is 2.16. The Hall–Kier alpha value is -2.49. The Morgan fingerprint density at radius 3 is 2.39 bits per heavy atom. The van der Waals surface area contributed by atoms with Crippen LogP contribution in [0.15, 0.2) is 55.2 Å². The predicted octanol–water partition coefficient (Wildman–Crippen LogP) is 7.36. The molecule has 0 radical (unpaired) electrons. The Labute approximate surface area is 185 Å². The zero-order valence-electron chi connectivity index (χ0n) is 18.8. The van der Waals surface area contributed by atoms with Crippen molar-refractivity contribution >= 4 is 11.5 Å². The van der Waals surface area contributed by atoms with Crippen molar-refractivity contribution in [3.8, 4) is 0 Å². The number of allylic oxidation sites excluding steroid dienone is 5. The molecule has 0 amide bonds. The second kappa shape index (κ2) is 12.4. The Morgan fingerprint density at radius 2 is 1.81 bits per heavy atom. The summed E-state index contributed by atoms with van der Waals surface area (Å²) in [5.41, 5.74) is 1.56. The standard InChI is InChI=1S/C27H34F2O2/c1-5-22(10-8-9-21-14-12-20(4)13-15-21)23-17-25(28)24(26(29)18-23)11-6-7-16-31-27(30)19(2)3/h5,8-10,17-18,20-21H,1-2,6-7,11-16H2,3-4H3/b9-8+,22-10+. The molecule has 0 aromatic heterocycles. The maximum absolute atomic E-state index is 14.6. The summed E-state index contributed by atoms with van der Waals surface area (Å²) >= 11 is 0. The molecule has 1 aliphatic carbocycles. The van der Waals surface area contributed by atoms with Crippen LogP contribution in [0, 0.1) is 23.5 Å². The first-order valence-corrected chi connectivity index (χ1v) is 11.1. The largest absolute Gasteiger partial charge is 0.462 e. The smallest absolute Gasteiger partial charge is 0.333 e. The molecular formula is C27H34F2O2. The molecule has 2 rings (SSSR count). The van der Waals surface area contributed by atoms with Gasteiger partial charge in [0.2, 0.25) is 0 Å². The van der Waals surface area contributed by atoms with Crippen LogP contribution in [0.3, 0.4) is 0 Å². The molecule has 0 N–H and O–H groups in total. The summed E-state index contributed by atoms with van der Waals surface area (Å²) in [5, 5.41) is 0. The maximum atomic E-state index is 14.6. The highest BCUT2D eigenvalue weighted by atomic mass is 19.1. The highest BCUT2D eigenvalue weighted by molar-refractivity contribution is 5.86. The number of carbonyl (C=O) groups excluding carboxylic acids is 1. The van der Waals surface area contributed by atoms with Gasteiger partial charge in [0.25, 0.3) is 0 Å². The monoisotopic (exact) mass is 428 g/mol. The van der Waals surface area contributed by atoms with Crippen LogP contribution in [-0.2, 0) is 16.0 Å². The first-order chi connectivity index (χ1) is 14.8. The maximum Gasteiger partial charge on any atom is 0.333 e. The lowest BCUT2D eigenvalue weighted by Crippen LogP contribution is -2.09. The van der Waals surface area contributed by atoms with E-state index in [1.54, 1.807) is 13.0 Å². The van der Waals surface area contributed by atoms with E-state index >= 15 is 0 Å². The third kappa shape index (κ3) is 7.93. The van der Waals surface area contributed by atoms with Crippen molar-refractivity contribution in [1.82, 2.24) is 0 Å². The van der Waals surface area contributed by atoms with Crippen molar-refractivity contribution in [2.24, 2.45) is 11.8 Å². The second-order valence-electron chi connectivity index (χ2n) is 8.52. The fourth-order valence-electron chi connectivity index (χ4n) is 3.78. The molecule has 1 aromatic carbocycles. The van der Waals surface area contributed by atoms with Crippen molar-refractivity contribution < 1.29 is 18.3 Å². The molecule has 0 saturated heterocycles. The minimum Gasteiger partial charge on any atom is -0.462 e. The minimum atomic E-state index is -0.563. The Kier molecular flexibility index (Phi) is 9.90. The Balaban J connectivity index is 1.96. The van der Waals surface area contributed by atoms with E-state index < -0.39 is 17.6 Å². The van der Waals surface area contributed by atoms with Crippen LogP contribution in [0.5, 0.6) is 0 Å². The first kappa shape index (κ1) is 24.8. The number of hydrogen-bond acceptors (Lipinski definition) is 2. The van der Waals surface area contributed by atoms with Crippen molar-refractivity contribution in [2.45, 2.75) is 58.8 Å². The molecule has 1 fully saturated rings. The van der Waals surface area contributed by atoms with Crippen LogP contribution in [-0.4, -0.2) is 12.6 Å².